The van der Waals surface area contributed by atoms with Crippen LogP contribution in [0.2, 0.25) is 5.15 Å². The molecule has 0 radical (unpaired) electrons. The van der Waals surface area contributed by atoms with Gasteiger partial charge in [0.2, 0.25) is 0 Å². The lowest BCUT2D eigenvalue weighted by atomic mass is 10.1. The lowest BCUT2D eigenvalue weighted by molar-refractivity contribution is -0.136. The van der Waals surface area contributed by atoms with Crippen LogP contribution in [-0.2, 0) is 9.53 Å². The molecule has 3 aromatic rings. The van der Waals surface area contributed by atoms with Gasteiger partial charge in [0.05, 0.1) is 5.69 Å². The average molecular weight is 347 g/mol. The van der Waals surface area contributed by atoms with E-state index >= 15 is 0 Å². The number of carbonyl (C=O) groups excluding carboxylic acids is 2. The minimum absolute atomic E-state index is 0.255. The quantitative estimate of drug-likeness (QED) is 0.403. The highest BCUT2D eigenvalue weighted by Gasteiger charge is 2.10. The summed E-state index contributed by atoms with van der Waals surface area (Å²) in [4.78, 5) is 28.5. The first kappa shape index (κ1) is 15.5. The lowest BCUT2D eigenvalue weighted by Crippen LogP contribution is -2.12. The van der Waals surface area contributed by atoms with Crippen molar-refractivity contribution >= 4 is 45.7 Å². The van der Waals surface area contributed by atoms with Gasteiger partial charge in [-0.05, 0) is 6.08 Å². The molecular weight excluding hydrogens is 336 g/mol. The third-order valence-corrected chi connectivity index (χ3v) is 4.11. The van der Waals surface area contributed by atoms with E-state index in [0.717, 1.165) is 4.96 Å². The number of Topliss-reactive ketones (excluding diaryl/α,β-unsaturated/α-hetero) is 1. The van der Waals surface area contributed by atoms with Gasteiger partial charge in [-0.3, -0.25) is 9.20 Å². The van der Waals surface area contributed by atoms with Gasteiger partial charge in [-0.15, -0.1) is 11.3 Å². The lowest BCUT2D eigenvalue weighted by Gasteiger charge is -2.01. The van der Waals surface area contributed by atoms with Crippen molar-refractivity contribution in [2.24, 2.45) is 0 Å². The van der Waals surface area contributed by atoms with E-state index in [0.29, 0.717) is 16.4 Å². The Labute approximate surface area is 140 Å². The number of nitrogens with zero attached hydrogens (tertiary/aromatic N) is 2. The second kappa shape index (κ2) is 6.76. The number of imidazole rings is 1. The van der Waals surface area contributed by atoms with E-state index in [1.165, 1.54) is 23.5 Å². The van der Waals surface area contributed by atoms with Crippen LogP contribution in [0, 0.1) is 0 Å². The van der Waals surface area contributed by atoms with Gasteiger partial charge in [-0.25, -0.2) is 9.78 Å². The van der Waals surface area contributed by atoms with Crippen molar-refractivity contribution in [1.29, 1.82) is 0 Å². The summed E-state index contributed by atoms with van der Waals surface area (Å²) in [5.41, 5.74) is 1.09. The van der Waals surface area contributed by atoms with Crippen molar-refractivity contribution in [2.75, 3.05) is 6.61 Å². The highest BCUT2D eigenvalue weighted by atomic mass is 35.5. The number of thiazole rings is 1. The molecule has 23 heavy (non-hydrogen) atoms. The Kier molecular flexibility index (Phi) is 4.55. The van der Waals surface area contributed by atoms with Gasteiger partial charge in [-0.2, -0.15) is 0 Å². The zero-order chi connectivity index (χ0) is 16.2. The summed E-state index contributed by atoms with van der Waals surface area (Å²) < 4.78 is 6.71. The monoisotopic (exact) mass is 346 g/mol. The molecule has 0 unspecified atom stereocenters. The number of fused-ring (bicyclic) bond motifs is 1. The maximum Gasteiger partial charge on any atom is 0.331 e. The van der Waals surface area contributed by atoms with E-state index in [4.69, 9.17) is 16.3 Å². The topological polar surface area (TPSA) is 60.7 Å². The van der Waals surface area contributed by atoms with Crippen molar-refractivity contribution in [1.82, 2.24) is 9.38 Å². The summed E-state index contributed by atoms with van der Waals surface area (Å²) in [6, 6.07) is 8.66. The van der Waals surface area contributed by atoms with Gasteiger partial charge >= 0.3 is 5.97 Å². The molecule has 0 N–H and O–H groups in total. The molecule has 0 saturated heterocycles. The number of hydrogen-bond donors (Lipinski definition) is 0. The third-order valence-electron chi connectivity index (χ3n) is 3.07. The van der Waals surface area contributed by atoms with Crippen LogP contribution < -0.4 is 0 Å². The number of halogens is 1. The first-order chi connectivity index (χ1) is 11.1. The molecule has 116 valence electrons. The fourth-order valence-corrected chi connectivity index (χ4v) is 2.97. The number of hydrogen-bond acceptors (Lipinski definition) is 5. The average Bonchev–Trinajstić information content (AvgIpc) is 3.12. The summed E-state index contributed by atoms with van der Waals surface area (Å²) in [5.74, 6) is -0.870. The maximum atomic E-state index is 11.8. The minimum atomic E-state index is -0.615. The van der Waals surface area contributed by atoms with Crippen molar-refractivity contribution in [3.05, 3.63) is 64.4 Å². The number of ether oxygens (including phenoxy) is 1. The Bertz CT molecular complexity index is 883. The highest BCUT2D eigenvalue weighted by molar-refractivity contribution is 7.15. The van der Waals surface area contributed by atoms with Crippen LogP contribution in [-0.4, -0.2) is 27.7 Å². The summed E-state index contributed by atoms with van der Waals surface area (Å²) in [6.07, 6.45) is 4.55. The zero-order valence-corrected chi connectivity index (χ0v) is 13.4. The van der Waals surface area contributed by atoms with Crippen molar-refractivity contribution in [3.8, 4) is 0 Å². The van der Waals surface area contributed by atoms with Gasteiger partial charge in [-0.1, -0.05) is 41.9 Å². The van der Waals surface area contributed by atoms with E-state index in [1.807, 2.05) is 17.6 Å². The molecule has 0 saturated carbocycles. The predicted molar refractivity (Wildman–Crippen MR) is 88.8 cm³/mol. The molecule has 2 aromatic heterocycles. The van der Waals surface area contributed by atoms with Crippen LogP contribution in [0.25, 0.3) is 11.0 Å². The maximum absolute atomic E-state index is 11.8. The fraction of sp³-hybridized carbons (Fsp3) is 0.0625. The number of carbonyl (C=O) groups is 2. The largest absolute Gasteiger partial charge is 0.454 e. The smallest absolute Gasteiger partial charge is 0.331 e. The molecule has 0 bridgehead atoms. The zero-order valence-electron chi connectivity index (χ0n) is 11.8. The minimum Gasteiger partial charge on any atom is -0.454 e. The van der Waals surface area contributed by atoms with Gasteiger partial charge in [0.15, 0.2) is 22.5 Å². The van der Waals surface area contributed by atoms with E-state index in [-0.39, 0.29) is 12.4 Å². The first-order valence-electron chi connectivity index (χ1n) is 6.69. The van der Waals surface area contributed by atoms with Gasteiger partial charge < -0.3 is 4.74 Å². The number of aromatic nitrogens is 2. The first-order valence-corrected chi connectivity index (χ1v) is 7.95. The number of ketones is 1. The molecule has 3 rings (SSSR count). The summed E-state index contributed by atoms with van der Waals surface area (Å²) >= 11 is 7.46. The molecule has 0 aliphatic rings. The molecule has 0 amide bonds. The summed E-state index contributed by atoms with van der Waals surface area (Å²) in [7, 11) is 0. The van der Waals surface area contributed by atoms with Crippen LogP contribution in [0.4, 0.5) is 0 Å². The van der Waals surface area contributed by atoms with Gasteiger partial charge in [0, 0.05) is 23.2 Å². The van der Waals surface area contributed by atoms with Crippen molar-refractivity contribution < 1.29 is 14.3 Å². The summed E-state index contributed by atoms with van der Waals surface area (Å²) in [5, 5.41) is 2.17. The number of rotatable bonds is 5. The Morgan fingerprint density at radius 2 is 2.09 bits per heavy atom. The Morgan fingerprint density at radius 1 is 1.30 bits per heavy atom. The highest BCUT2D eigenvalue weighted by Crippen LogP contribution is 2.22. The SMILES string of the molecule is O=C(/C=C/c1c(Cl)nc2sccn12)OCC(=O)c1ccccc1. The van der Waals surface area contributed by atoms with Crippen molar-refractivity contribution in [2.45, 2.75) is 0 Å². The van der Waals surface area contributed by atoms with Crippen LogP contribution >= 0.6 is 22.9 Å². The van der Waals surface area contributed by atoms with E-state index < -0.39 is 5.97 Å². The molecule has 2 heterocycles. The molecule has 0 atom stereocenters. The molecule has 0 aliphatic carbocycles. The molecule has 7 heteroatoms. The number of esters is 1. The Balaban J connectivity index is 1.62. The number of benzene rings is 1. The Hall–Kier alpha value is -2.44. The van der Waals surface area contributed by atoms with Gasteiger partial charge in [0.25, 0.3) is 0 Å². The van der Waals surface area contributed by atoms with E-state index in [1.54, 1.807) is 28.7 Å². The van der Waals surface area contributed by atoms with Crippen LogP contribution in [0.1, 0.15) is 16.1 Å². The normalized spacial score (nSPS) is 11.2. The Morgan fingerprint density at radius 3 is 2.87 bits per heavy atom. The molecule has 0 fully saturated rings. The molecule has 5 nitrogen and oxygen atoms in total. The van der Waals surface area contributed by atoms with Crippen LogP contribution in [0.5, 0.6) is 0 Å². The second-order valence-electron chi connectivity index (χ2n) is 4.57. The molecule has 0 spiro atoms. The van der Waals surface area contributed by atoms with Crippen molar-refractivity contribution in [3.63, 3.8) is 0 Å². The fourth-order valence-electron chi connectivity index (χ4n) is 1.97. The van der Waals surface area contributed by atoms with Crippen LogP contribution in [0.15, 0.2) is 48.0 Å². The third kappa shape index (κ3) is 3.49. The molecule has 1 aromatic carbocycles. The van der Waals surface area contributed by atoms with E-state index in [9.17, 15) is 9.59 Å². The summed E-state index contributed by atoms with van der Waals surface area (Å²) in [6.45, 7) is -0.304. The van der Waals surface area contributed by atoms with Gasteiger partial charge in [0.1, 0.15) is 0 Å². The predicted octanol–water partition coefficient (Wildman–Crippen LogP) is 3.49. The molecule has 0 aliphatic heterocycles. The molecular formula is C16H11ClN2O3S. The van der Waals surface area contributed by atoms with E-state index in [2.05, 4.69) is 4.98 Å². The second-order valence-corrected chi connectivity index (χ2v) is 5.80. The van der Waals surface area contributed by atoms with Crippen LogP contribution in [0.3, 0.4) is 0 Å². The standard InChI is InChI=1S/C16H11ClN2O3S/c17-15-12(19-8-9-23-16(19)18-15)6-7-14(21)22-10-13(20)11-4-2-1-3-5-11/h1-9H,10H2/b7-6+.